The number of nitrogens with one attached hydrogen (secondary N) is 1. The van der Waals surface area contributed by atoms with Crippen molar-refractivity contribution in [2.45, 2.75) is 24.9 Å². The van der Waals surface area contributed by atoms with Crippen molar-refractivity contribution >= 4 is 27.9 Å². The summed E-state index contributed by atoms with van der Waals surface area (Å²) in [6, 6.07) is 11.8. The summed E-state index contributed by atoms with van der Waals surface area (Å²) < 4.78 is 14.7. The topological polar surface area (TPSA) is 49.4 Å². The van der Waals surface area contributed by atoms with Crippen molar-refractivity contribution in [1.82, 2.24) is 10.2 Å². The van der Waals surface area contributed by atoms with Gasteiger partial charge in [-0.2, -0.15) is 0 Å². The first kappa shape index (κ1) is 15.3. The van der Waals surface area contributed by atoms with Crippen molar-refractivity contribution in [2.24, 2.45) is 0 Å². The zero-order valence-corrected chi connectivity index (χ0v) is 14.3. The van der Waals surface area contributed by atoms with Crippen molar-refractivity contribution < 1.29 is 14.0 Å². The fraction of sp³-hybridized carbons (Fsp3) is 0.222. The van der Waals surface area contributed by atoms with Crippen LogP contribution in [0.5, 0.6) is 0 Å². The van der Waals surface area contributed by atoms with Gasteiger partial charge in [-0.05, 0) is 36.1 Å². The monoisotopic (exact) mass is 388 g/mol. The number of amides is 3. The van der Waals surface area contributed by atoms with Crippen LogP contribution in [0, 0.1) is 5.82 Å². The minimum Gasteiger partial charge on any atom is -0.319 e. The van der Waals surface area contributed by atoms with Crippen LogP contribution in [0.2, 0.25) is 0 Å². The van der Waals surface area contributed by atoms with E-state index in [0.717, 1.165) is 22.4 Å². The first-order valence-corrected chi connectivity index (χ1v) is 8.47. The number of aryl methyl sites for hydroxylation is 1. The van der Waals surface area contributed by atoms with Gasteiger partial charge in [0.2, 0.25) is 0 Å². The smallest absolute Gasteiger partial charge is 0.319 e. The second kappa shape index (κ2) is 5.41. The Balaban J connectivity index is 1.68. The molecule has 0 aromatic heterocycles. The molecule has 2 aromatic carbocycles. The van der Waals surface area contributed by atoms with E-state index in [4.69, 9.17) is 0 Å². The van der Waals surface area contributed by atoms with Crippen molar-refractivity contribution in [1.29, 1.82) is 0 Å². The van der Waals surface area contributed by atoms with E-state index in [1.807, 2.05) is 24.3 Å². The minimum absolute atomic E-state index is 0.0757. The second-order valence-corrected chi connectivity index (χ2v) is 7.04. The van der Waals surface area contributed by atoms with Crippen LogP contribution in [-0.2, 0) is 23.3 Å². The van der Waals surface area contributed by atoms with Crippen molar-refractivity contribution in [3.8, 4) is 0 Å². The van der Waals surface area contributed by atoms with E-state index < -0.39 is 17.4 Å². The SMILES string of the molecule is O=C1NC2(CCc3ccccc32)C(=O)N1Cc1ccc(Br)cc1F. The number of hydrogen-bond acceptors (Lipinski definition) is 2. The molecule has 4 rings (SSSR count). The molecule has 24 heavy (non-hydrogen) atoms. The lowest BCUT2D eigenvalue weighted by Crippen LogP contribution is -2.41. The van der Waals surface area contributed by atoms with E-state index in [2.05, 4.69) is 21.2 Å². The molecular formula is C18H14BrFN2O2. The minimum atomic E-state index is -1.00. The highest BCUT2D eigenvalue weighted by atomic mass is 79.9. The number of halogens is 2. The van der Waals surface area contributed by atoms with Crippen LogP contribution in [0.4, 0.5) is 9.18 Å². The van der Waals surface area contributed by atoms with Gasteiger partial charge >= 0.3 is 6.03 Å². The Kier molecular flexibility index (Phi) is 3.46. The molecule has 1 unspecified atom stereocenters. The second-order valence-electron chi connectivity index (χ2n) is 6.12. The molecule has 1 aliphatic heterocycles. The largest absolute Gasteiger partial charge is 0.325 e. The van der Waals surface area contributed by atoms with Gasteiger partial charge in [-0.1, -0.05) is 46.3 Å². The number of nitrogens with zero attached hydrogens (tertiary/aromatic N) is 1. The summed E-state index contributed by atoms with van der Waals surface area (Å²) in [7, 11) is 0. The van der Waals surface area contributed by atoms with Crippen LogP contribution >= 0.6 is 15.9 Å². The third kappa shape index (κ3) is 2.17. The summed E-state index contributed by atoms with van der Waals surface area (Å²) in [5, 5.41) is 2.84. The Hall–Kier alpha value is -2.21. The molecule has 0 saturated carbocycles. The van der Waals surface area contributed by atoms with E-state index in [9.17, 15) is 14.0 Å². The summed E-state index contributed by atoms with van der Waals surface area (Å²) in [6.45, 7) is -0.0757. The van der Waals surface area contributed by atoms with Crippen LogP contribution in [-0.4, -0.2) is 16.8 Å². The highest BCUT2D eigenvalue weighted by molar-refractivity contribution is 9.10. The summed E-state index contributed by atoms with van der Waals surface area (Å²) >= 11 is 3.20. The lowest BCUT2D eigenvalue weighted by atomic mass is 9.92. The normalized spacial score (nSPS) is 22.2. The summed E-state index contributed by atoms with van der Waals surface area (Å²) in [5.41, 5.74) is 1.23. The van der Waals surface area contributed by atoms with Gasteiger partial charge in [-0.15, -0.1) is 0 Å². The molecule has 3 amide bonds. The van der Waals surface area contributed by atoms with Crippen LogP contribution in [0.1, 0.15) is 23.1 Å². The molecular weight excluding hydrogens is 375 g/mol. The molecule has 0 radical (unpaired) electrons. The van der Waals surface area contributed by atoms with E-state index in [1.165, 1.54) is 6.07 Å². The first-order valence-electron chi connectivity index (χ1n) is 7.68. The van der Waals surface area contributed by atoms with Gasteiger partial charge in [0.25, 0.3) is 5.91 Å². The van der Waals surface area contributed by atoms with E-state index in [0.29, 0.717) is 16.5 Å². The summed E-state index contributed by atoms with van der Waals surface area (Å²) in [4.78, 5) is 26.5. The highest BCUT2D eigenvalue weighted by Crippen LogP contribution is 2.41. The fourth-order valence-electron chi connectivity index (χ4n) is 3.55. The van der Waals surface area contributed by atoms with Crippen LogP contribution in [0.3, 0.4) is 0 Å². The Morgan fingerprint density at radius 1 is 1.21 bits per heavy atom. The number of urea groups is 1. The molecule has 1 N–H and O–H groups in total. The standard InChI is InChI=1S/C18H14BrFN2O2/c19-13-6-5-12(15(20)9-13)10-22-16(23)18(21-17(22)24)8-7-11-3-1-2-4-14(11)18/h1-6,9H,7-8,10H2,(H,21,24). The predicted octanol–water partition coefficient (Wildman–Crippen LogP) is 3.48. The molecule has 6 heteroatoms. The number of fused-ring (bicyclic) bond motifs is 2. The molecule has 2 aromatic rings. The Bertz CT molecular complexity index is 870. The van der Waals surface area contributed by atoms with E-state index in [-0.39, 0.29) is 12.5 Å². The van der Waals surface area contributed by atoms with Gasteiger partial charge in [-0.25, -0.2) is 9.18 Å². The number of hydrogen-bond donors (Lipinski definition) is 1. The van der Waals surface area contributed by atoms with Crippen molar-refractivity contribution in [3.05, 3.63) is 69.4 Å². The number of rotatable bonds is 2. The molecule has 1 heterocycles. The lowest BCUT2D eigenvalue weighted by Gasteiger charge is -2.22. The molecule has 2 aliphatic rings. The fourth-order valence-corrected chi connectivity index (χ4v) is 3.89. The molecule has 0 bridgehead atoms. The third-order valence-electron chi connectivity index (χ3n) is 4.77. The number of benzene rings is 2. The average Bonchev–Trinajstić information content (AvgIpc) is 3.04. The van der Waals surface area contributed by atoms with Crippen molar-refractivity contribution in [3.63, 3.8) is 0 Å². The number of imide groups is 1. The van der Waals surface area contributed by atoms with Crippen LogP contribution < -0.4 is 5.32 Å². The van der Waals surface area contributed by atoms with E-state index >= 15 is 0 Å². The zero-order chi connectivity index (χ0) is 16.9. The zero-order valence-electron chi connectivity index (χ0n) is 12.7. The molecule has 122 valence electrons. The quantitative estimate of drug-likeness (QED) is 0.800. The maximum atomic E-state index is 14.1. The Morgan fingerprint density at radius 2 is 2.00 bits per heavy atom. The molecule has 1 fully saturated rings. The number of carbonyl (C=O) groups excluding carboxylic acids is 2. The van der Waals surface area contributed by atoms with Gasteiger partial charge in [0.05, 0.1) is 6.54 Å². The maximum Gasteiger partial charge on any atom is 0.325 e. The summed E-state index contributed by atoms with van der Waals surface area (Å²) in [5.74, 6) is -0.752. The van der Waals surface area contributed by atoms with Gasteiger partial charge in [0, 0.05) is 10.0 Å². The molecule has 1 atom stereocenters. The molecule has 1 aliphatic carbocycles. The van der Waals surface area contributed by atoms with Gasteiger partial charge in [-0.3, -0.25) is 9.69 Å². The lowest BCUT2D eigenvalue weighted by molar-refractivity contribution is -0.132. The molecule has 1 spiro atoms. The average molecular weight is 389 g/mol. The number of carbonyl (C=O) groups is 2. The Labute approximate surface area is 146 Å². The maximum absolute atomic E-state index is 14.1. The van der Waals surface area contributed by atoms with Crippen molar-refractivity contribution in [2.75, 3.05) is 0 Å². The highest BCUT2D eigenvalue weighted by Gasteiger charge is 2.55. The van der Waals surface area contributed by atoms with Gasteiger partial charge in [0.15, 0.2) is 0 Å². The molecule has 1 saturated heterocycles. The Morgan fingerprint density at radius 3 is 2.79 bits per heavy atom. The van der Waals surface area contributed by atoms with Gasteiger partial charge < -0.3 is 5.32 Å². The van der Waals surface area contributed by atoms with E-state index in [1.54, 1.807) is 12.1 Å². The predicted molar refractivity (Wildman–Crippen MR) is 89.6 cm³/mol. The van der Waals surface area contributed by atoms with Gasteiger partial charge in [0.1, 0.15) is 11.4 Å². The van der Waals surface area contributed by atoms with Crippen LogP contribution in [0.15, 0.2) is 46.9 Å². The molecule has 4 nitrogen and oxygen atoms in total. The first-order chi connectivity index (χ1) is 11.5. The van der Waals surface area contributed by atoms with Crippen LogP contribution in [0.25, 0.3) is 0 Å². The summed E-state index contributed by atoms with van der Waals surface area (Å²) in [6.07, 6.45) is 1.28. The third-order valence-corrected chi connectivity index (χ3v) is 5.26.